The molecule has 1 amide bonds. The molecule has 5 nitrogen and oxygen atoms in total. The fraction of sp³-hybridized carbons (Fsp3) is 0.200. The van der Waals surface area contributed by atoms with Crippen LogP contribution in [0.15, 0.2) is 89.8 Å². The molecule has 0 fully saturated rings. The van der Waals surface area contributed by atoms with Gasteiger partial charge in [-0.05, 0) is 78.3 Å². The Bertz CT molecular complexity index is 1380. The van der Waals surface area contributed by atoms with E-state index in [4.69, 9.17) is 9.84 Å². The number of carboxylic acids is 1. The van der Waals surface area contributed by atoms with Crippen LogP contribution in [0.1, 0.15) is 47.3 Å². The van der Waals surface area contributed by atoms with Crippen molar-refractivity contribution in [2.24, 2.45) is 0 Å². The number of hydrogen-bond acceptors (Lipinski definition) is 4. The monoisotopic (exact) mass is 499 g/mol. The third-order valence-electron chi connectivity index (χ3n) is 6.08. The molecule has 1 atom stereocenters. The van der Waals surface area contributed by atoms with E-state index < -0.39 is 5.97 Å². The van der Waals surface area contributed by atoms with Gasteiger partial charge in [0, 0.05) is 16.9 Å². The molecule has 0 unspecified atom stereocenters. The van der Waals surface area contributed by atoms with Crippen LogP contribution >= 0.6 is 11.8 Å². The van der Waals surface area contributed by atoms with Crippen molar-refractivity contribution in [3.05, 3.63) is 102 Å². The van der Waals surface area contributed by atoms with Gasteiger partial charge in [0.15, 0.2) is 0 Å². The molecule has 2 N–H and O–H groups in total. The van der Waals surface area contributed by atoms with Crippen LogP contribution in [0.4, 0.5) is 0 Å². The number of carbonyl (C=O) groups excluding carboxylic acids is 1. The van der Waals surface area contributed by atoms with E-state index >= 15 is 0 Å². The summed E-state index contributed by atoms with van der Waals surface area (Å²) in [5.74, 6) is 0.178. The van der Waals surface area contributed by atoms with E-state index in [-0.39, 0.29) is 18.4 Å². The molecule has 0 aromatic heterocycles. The number of amides is 1. The Labute approximate surface area is 215 Å². The molecule has 0 radical (unpaired) electrons. The number of carboxylic acid groups (broad SMARTS) is 1. The van der Waals surface area contributed by atoms with E-state index in [9.17, 15) is 9.59 Å². The van der Waals surface area contributed by atoms with E-state index in [0.29, 0.717) is 29.9 Å². The normalized spacial score (nSPS) is 11.7. The smallest absolute Gasteiger partial charge is 0.303 e. The summed E-state index contributed by atoms with van der Waals surface area (Å²) in [6.07, 6.45) is 2.99. The summed E-state index contributed by atoms with van der Waals surface area (Å²) in [6.45, 7) is 1.97. The fourth-order valence-corrected chi connectivity index (χ4v) is 4.71. The van der Waals surface area contributed by atoms with Crippen molar-refractivity contribution in [2.75, 3.05) is 6.26 Å². The van der Waals surface area contributed by atoms with Crippen molar-refractivity contribution >= 4 is 34.4 Å². The lowest BCUT2D eigenvalue weighted by atomic mass is 9.98. The molecule has 184 valence electrons. The molecule has 36 heavy (non-hydrogen) atoms. The highest BCUT2D eigenvalue weighted by Crippen LogP contribution is 2.29. The highest BCUT2D eigenvalue weighted by atomic mass is 32.2. The van der Waals surface area contributed by atoms with Gasteiger partial charge >= 0.3 is 5.97 Å². The van der Waals surface area contributed by atoms with Gasteiger partial charge < -0.3 is 15.2 Å². The van der Waals surface area contributed by atoms with E-state index in [1.165, 1.54) is 0 Å². The van der Waals surface area contributed by atoms with E-state index in [1.807, 2.05) is 73.8 Å². The van der Waals surface area contributed by atoms with Gasteiger partial charge in [-0.15, -0.1) is 11.8 Å². The van der Waals surface area contributed by atoms with Crippen LogP contribution in [-0.4, -0.2) is 23.2 Å². The Morgan fingerprint density at radius 3 is 2.50 bits per heavy atom. The third kappa shape index (κ3) is 6.26. The number of aryl methyl sites for hydroxylation is 1. The molecule has 0 saturated heterocycles. The van der Waals surface area contributed by atoms with Crippen molar-refractivity contribution in [2.45, 2.75) is 37.1 Å². The van der Waals surface area contributed by atoms with Gasteiger partial charge in [0.1, 0.15) is 11.5 Å². The predicted molar refractivity (Wildman–Crippen MR) is 145 cm³/mol. The minimum absolute atomic E-state index is 0.0488. The average molecular weight is 500 g/mol. The van der Waals surface area contributed by atoms with Crippen LogP contribution in [0.25, 0.3) is 10.8 Å². The number of thioether (sulfide) groups is 1. The molecule has 4 aromatic rings. The first-order valence-electron chi connectivity index (χ1n) is 11.9. The zero-order valence-electron chi connectivity index (χ0n) is 20.4. The average Bonchev–Trinajstić information content (AvgIpc) is 2.88. The molecule has 0 bridgehead atoms. The summed E-state index contributed by atoms with van der Waals surface area (Å²) in [4.78, 5) is 25.6. The maximum absolute atomic E-state index is 13.5. The van der Waals surface area contributed by atoms with Crippen LogP contribution in [0.2, 0.25) is 0 Å². The largest absolute Gasteiger partial charge is 0.481 e. The molecule has 0 spiro atoms. The Kier molecular flexibility index (Phi) is 8.28. The SMILES string of the molecule is CSc1cccc(Oc2ccc(CCCC(=O)O)c(C(=O)N[C@H](C)c3cccc4ccccc34)c2)c1. The fourth-order valence-electron chi connectivity index (χ4n) is 4.26. The number of rotatable bonds is 10. The Balaban J connectivity index is 1.60. The van der Waals surface area contributed by atoms with Gasteiger partial charge in [-0.2, -0.15) is 0 Å². The van der Waals surface area contributed by atoms with Crippen LogP contribution in [-0.2, 0) is 11.2 Å². The summed E-state index contributed by atoms with van der Waals surface area (Å²) in [7, 11) is 0. The van der Waals surface area contributed by atoms with Gasteiger partial charge in [0.25, 0.3) is 5.91 Å². The maximum atomic E-state index is 13.5. The quantitative estimate of drug-likeness (QED) is 0.225. The number of ether oxygens (including phenoxy) is 1. The minimum Gasteiger partial charge on any atom is -0.481 e. The highest BCUT2D eigenvalue weighted by molar-refractivity contribution is 7.98. The second-order valence-electron chi connectivity index (χ2n) is 8.61. The first-order chi connectivity index (χ1) is 17.4. The summed E-state index contributed by atoms with van der Waals surface area (Å²) in [6, 6.07) is 27.2. The van der Waals surface area contributed by atoms with Crippen molar-refractivity contribution in [3.63, 3.8) is 0 Å². The van der Waals surface area contributed by atoms with E-state index in [2.05, 4.69) is 23.5 Å². The second-order valence-corrected chi connectivity index (χ2v) is 9.49. The third-order valence-corrected chi connectivity index (χ3v) is 6.80. The number of hydrogen-bond donors (Lipinski definition) is 2. The van der Waals surface area contributed by atoms with Crippen LogP contribution in [0, 0.1) is 0 Å². The number of aliphatic carboxylic acids is 1. The van der Waals surface area contributed by atoms with Crippen molar-refractivity contribution < 1.29 is 19.4 Å². The second kappa shape index (κ2) is 11.8. The minimum atomic E-state index is -0.848. The molecule has 6 heteroatoms. The van der Waals surface area contributed by atoms with Gasteiger partial charge in [0.2, 0.25) is 0 Å². The molecule has 0 aliphatic carbocycles. The van der Waals surface area contributed by atoms with Gasteiger partial charge in [-0.1, -0.05) is 54.6 Å². The van der Waals surface area contributed by atoms with Crippen LogP contribution < -0.4 is 10.1 Å². The Morgan fingerprint density at radius 1 is 0.944 bits per heavy atom. The molecular formula is C30H29NO4S. The summed E-state index contributed by atoms with van der Waals surface area (Å²) >= 11 is 1.63. The molecule has 4 rings (SSSR count). The highest BCUT2D eigenvalue weighted by Gasteiger charge is 2.18. The first kappa shape index (κ1) is 25.3. The van der Waals surface area contributed by atoms with Crippen LogP contribution in [0.5, 0.6) is 11.5 Å². The lowest BCUT2D eigenvalue weighted by Gasteiger charge is -2.19. The van der Waals surface area contributed by atoms with Crippen molar-refractivity contribution in [1.29, 1.82) is 0 Å². The van der Waals surface area contributed by atoms with Crippen molar-refractivity contribution in [1.82, 2.24) is 5.32 Å². The molecule has 4 aromatic carbocycles. The topological polar surface area (TPSA) is 75.6 Å². The number of benzene rings is 4. The summed E-state index contributed by atoms with van der Waals surface area (Å²) < 4.78 is 6.07. The number of nitrogens with one attached hydrogen (secondary N) is 1. The van der Waals surface area contributed by atoms with Gasteiger partial charge in [-0.25, -0.2) is 0 Å². The zero-order valence-corrected chi connectivity index (χ0v) is 21.2. The molecular weight excluding hydrogens is 470 g/mol. The molecule has 0 aliphatic rings. The lowest BCUT2D eigenvalue weighted by molar-refractivity contribution is -0.137. The van der Waals surface area contributed by atoms with E-state index in [0.717, 1.165) is 26.8 Å². The van der Waals surface area contributed by atoms with Crippen molar-refractivity contribution in [3.8, 4) is 11.5 Å². The predicted octanol–water partition coefficient (Wildman–Crippen LogP) is 7.25. The standard InChI is InChI=1S/C30H29NO4S/c1-20(26-14-5-9-21-8-3-4-13-27(21)26)31-30(34)28-19-24(17-16-22(28)10-6-15-29(32)33)35-23-11-7-12-25(18-23)36-2/h3-5,7-9,11-14,16-20H,6,10,15H2,1-2H3,(H,31,34)(H,32,33)/t20-/m1/s1. The molecule has 0 heterocycles. The number of fused-ring (bicyclic) bond motifs is 1. The zero-order chi connectivity index (χ0) is 25.5. The molecule has 0 aliphatic heterocycles. The maximum Gasteiger partial charge on any atom is 0.303 e. The Hall–Kier alpha value is -3.77. The van der Waals surface area contributed by atoms with E-state index in [1.54, 1.807) is 17.8 Å². The first-order valence-corrected chi connectivity index (χ1v) is 13.1. The number of carbonyl (C=O) groups is 2. The Morgan fingerprint density at radius 2 is 1.69 bits per heavy atom. The van der Waals surface area contributed by atoms with Gasteiger partial charge in [0.05, 0.1) is 6.04 Å². The summed E-state index contributed by atoms with van der Waals surface area (Å²) in [5.41, 5.74) is 2.32. The molecule has 0 saturated carbocycles. The van der Waals surface area contributed by atoms with Crippen LogP contribution in [0.3, 0.4) is 0 Å². The van der Waals surface area contributed by atoms with Gasteiger partial charge in [-0.3, -0.25) is 9.59 Å². The summed E-state index contributed by atoms with van der Waals surface area (Å²) in [5, 5.41) is 14.4. The lowest BCUT2D eigenvalue weighted by Crippen LogP contribution is -2.27.